The van der Waals surface area contributed by atoms with Gasteiger partial charge in [0.15, 0.2) is 5.11 Å². The first-order valence-electron chi connectivity index (χ1n) is 6.23. The molecule has 0 aromatic heterocycles. The second kappa shape index (κ2) is 7.33. The Morgan fingerprint density at radius 3 is 2.40 bits per heavy atom. The molecule has 0 saturated carbocycles. The third-order valence-electron chi connectivity index (χ3n) is 2.44. The van der Waals surface area contributed by atoms with Crippen LogP contribution in [0.3, 0.4) is 0 Å². The van der Waals surface area contributed by atoms with E-state index in [9.17, 15) is 13.2 Å². The van der Waals surface area contributed by atoms with Crippen LogP contribution in [0.25, 0.3) is 0 Å². The summed E-state index contributed by atoms with van der Waals surface area (Å²) in [5, 5.41) is 6.44. The van der Waals surface area contributed by atoms with Crippen LogP contribution in [-0.4, -0.2) is 17.5 Å². The zero-order valence-electron chi connectivity index (χ0n) is 11.3. The lowest BCUT2D eigenvalue weighted by Gasteiger charge is -2.16. The van der Waals surface area contributed by atoms with Crippen molar-refractivity contribution in [1.82, 2.24) is 5.32 Å². The summed E-state index contributed by atoms with van der Waals surface area (Å²) in [6.45, 7) is 4.09. The van der Waals surface area contributed by atoms with Gasteiger partial charge >= 0.3 is 6.36 Å². The highest BCUT2D eigenvalue weighted by molar-refractivity contribution is 7.80. The number of ether oxygens (including phenoxy) is 1. The van der Waals surface area contributed by atoms with E-state index < -0.39 is 6.36 Å². The monoisotopic (exact) mass is 306 g/mol. The fraction of sp³-hybridized carbons (Fsp3) is 0.462. The molecule has 1 rings (SSSR count). The summed E-state index contributed by atoms with van der Waals surface area (Å²) in [6, 6.07) is 5.65. The predicted molar refractivity (Wildman–Crippen MR) is 76.9 cm³/mol. The Hall–Kier alpha value is -1.50. The maximum Gasteiger partial charge on any atom is 0.573 e. The van der Waals surface area contributed by atoms with Gasteiger partial charge in [-0.25, -0.2) is 0 Å². The molecule has 0 bridgehead atoms. The average Bonchev–Trinajstić information content (AvgIpc) is 2.30. The number of hydrogen-bond donors (Lipinski definition) is 2. The maximum absolute atomic E-state index is 12.0. The lowest BCUT2D eigenvalue weighted by atomic mass is 10.2. The molecule has 112 valence electrons. The quantitative estimate of drug-likeness (QED) is 0.804. The van der Waals surface area contributed by atoms with Gasteiger partial charge in [-0.15, -0.1) is 13.2 Å². The largest absolute Gasteiger partial charge is 0.573 e. The average molecular weight is 306 g/mol. The molecule has 0 heterocycles. The van der Waals surface area contributed by atoms with Crippen molar-refractivity contribution >= 4 is 23.0 Å². The van der Waals surface area contributed by atoms with Gasteiger partial charge in [0.2, 0.25) is 0 Å². The first-order chi connectivity index (χ1) is 9.30. The topological polar surface area (TPSA) is 33.3 Å². The van der Waals surface area contributed by atoms with E-state index >= 15 is 0 Å². The minimum Gasteiger partial charge on any atom is -0.406 e. The van der Waals surface area contributed by atoms with Crippen LogP contribution in [0, 0.1) is 0 Å². The molecule has 0 unspecified atom stereocenters. The molecule has 1 aromatic carbocycles. The van der Waals surface area contributed by atoms with E-state index in [1.165, 1.54) is 24.3 Å². The van der Waals surface area contributed by atoms with Gasteiger partial charge < -0.3 is 15.4 Å². The van der Waals surface area contributed by atoms with E-state index in [4.69, 9.17) is 12.2 Å². The third-order valence-corrected chi connectivity index (χ3v) is 2.66. The Bertz CT molecular complexity index is 434. The van der Waals surface area contributed by atoms with Crippen LogP contribution < -0.4 is 15.4 Å². The lowest BCUT2D eigenvalue weighted by molar-refractivity contribution is -0.274. The summed E-state index contributed by atoms with van der Waals surface area (Å²) in [5.74, 6) is -0.263. The van der Waals surface area contributed by atoms with Gasteiger partial charge in [0.05, 0.1) is 0 Å². The van der Waals surface area contributed by atoms with Crippen molar-refractivity contribution in [3.8, 4) is 5.75 Å². The Kier molecular flexibility index (Phi) is 6.06. The van der Waals surface area contributed by atoms with Gasteiger partial charge in [0, 0.05) is 11.7 Å². The van der Waals surface area contributed by atoms with Gasteiger partial charge in [-0.3, -0.25) is 0 Å². The van der Waals surface area contributed by atoms with Crippen LogP contribution in [0.1, 0.15) is 26.7 Å². The van der Waals surface area contributed by atoms with E-state index in [-0.39, 0.29) is 11.8 Å². The highest BCUT2D eigenvalue weighted by Gasteiger charge is 2.30. The fourth-order valence-electron chi connectivity index (χ4n) is 1.64. The Morgan fingerprint density at radius 2 is 1.90 bits per heavy atom. The van der Waals surface area contributed by atoms with Crippen molar-refractivity contribution in [2.75, 3.05) is 5.32 Å². The van der Waals surface area contributed by atoms with E-state index in [1.807, 2.05) is 6.92 Å². The van der Waals surface area contributed by atoms with Crippen molar-refractivity contribution in [1.29, 1.82) is 0 Å². The number of benzene rings is 1. The Morgan fingerprint density at radius 1 is 1.30 bits per heavy atom. The molecule has 0 aliphatic heterocycles. The van der Waals surface area contributed by atoms with Crippen molar-refractivity contribution in [3.63, 3.8) is 0 Å². The standard InChI is InChI=1S/C13H17F3N2OS/c1-3-4-9(2)17-12(20)18-10-5-7-11(8-6-10)19-13(14,15)16/h5-9H,3-4H2,1-2H3,(H2,17,18,20)/t9-/m1/s1. The summed E-state index contributed by atoms with van der Waals surface area (Å²) in [5.41, 5.74) is 0.598. The highest BCUT2D eigenvalue weighted by atomic mass is 32.1. The molecular formula is C13H17F3N2OS. The predicted octanol–water partition coefficient (Wildman–Crippen LogP) is 4.06. The smallest absolute Gasteiger partial charge is 0.406 e. The summed E-state index contributed by atoms with van der Waals surface area (Å²) >= 11 is 5.11. The van der Waals surface area contributed by atoms with E-state index in [0.29, 0.717) is 10.8 Å². The molecule has 0 spiro atoms. The molecule has 0 aliphatic carbocycles. The number of anilines is 1. The molecule has 0 fully saturated rings. The molecule has 7 heteroatoms. The number of alkyl halides is 3. The molecule has 0 amide bonds. The van der Waals surface area contributed by atoms with Crippen LogP contribution in [0.4, 0.5) is 18.9 Å². The zero-order valence-corrected chi connectivity index (χ0v) is 12.1. The van der Waals surface area contributed by atoms with Gasteiger partial charge in [0.1, 0.15) is 5.75 Å². The van der Waals surface area contributed by atoms with Gasteiger partial charge in [-0.05, 0) is 49.8 Å². The lowest BCUT2D eigenvalue weighted by Crippen LogP contribution is -2.35. The second-order valence-corrected chi connectivity index (χ2v) is 4.77. The first-order valence-corrected chi connectivity index (χ1v) is 6.64. The van der Waals surface area contributed by atoms with Gasteiger partial charge in [-0.1, -0.05) is 13.3 Å². The Labute approximate surface area is 121 Å². The van der Waals surface area contributed by atoms with Crippen LogP contribution in [0.2, 0.25) is 0 Å². The summed E-state index contributed by atoms with van der Waals surface area (Å²) < 4.78 is 39.8. The summed E-state index contributed by atoms with van der Waals surface area (Å²) in [6.07, 6.45) is -2.65. The molecule has 0 saturated heterocycles. The number of hydrogen-bond acceptors (Lipinski definition) is 2. The van der Waals surface area contributed by atoms with E-state index in [1.54, 1.807) is 0 Å². The second-order valence-electron chi connectivity index (χ2n) is 4.36. The van der Waals surface area contributed by atoms with Crippen LogP contribution in [0.5, 0.6) is 5.75 Å². The number of thiocarbonyl (C=S) groups is 1. The number of rotatable bonds is 5. The molecule has 20 heavy (non-hydrogen) atoms. The van der Waals surface area contributed by atoms with Crippen LogP contribution in [0.15, 0.2) is 24.3 Å². The maximum atomic E-state index is 12.0. The van der Waals surface area contributed by atoms with Gasteiger partial charge in [-0.2, -0.15) is 0 Å². The van der Waals surface area contributed by atoms with Crippen molar-refractivity contribution in [2.24, 2.45) is 0 Å². The molecule has 0 radical (unpaired) electrons. The highest BCUT2D eigenvalue weighted by Crippen LogP contribution is 2.23. The SMILES string of the molecule is CCC[C@@H](C)NC(=S)Nc1ccc(OC(F)(F)F)cc1. The normalized spacial score (nSPS) is 12.7. The summed E-state index contributed by atoms with van der Waals surface area (Å²) in [4.78, 5) is 0. The molecule has 3 nitrogen and oxygen atoms in total. The molecule has 2 N–H and O–H groups in total. The zero-order chi connectivity index (χ0) is 15.2. The minimum absolute atomic E-state index is 0.243. The van der Waals surface area contributed by atoms with Crippen molar-refractivity contribution < 1.29 is 17.9 Å². The van der Waals surface area contributed by atoms with Gasteiger partial charge in [0.25, 0.3) is 0 Å². The molecular weight excluding hydrogens is 289 g/mol. The number of halogens is 3. The fourth-order valence-corrected chi connectivity index (χ4v) is 1.96. The van der Waals surface area contributed by atoms with E-state index in [2.05, 4.69) is 22.3 Å². The van der Waals surface area contributed by atoms with Crippen LogP contribution >= 0.6 is 12.2 Å². The number of nitrogens with one attached hydrogen (secondary N) is 2. The van der Waals surface area contributed by atoms with Crippen LogP contribution in [-0.2, 0) is 0 Å². The van der Waals surface area contributed by atoms with Crippen molar-refractivity contribution in [3.05, 3.63) is 24.3 Å². The molecule has 1 atom stereocenters. The minimum atomic E-state index is -4.68. The molecule has 0 aliphatic rings. The third kappa shape index (κ3) is 6.60. The van der Waals surface area contributed by atoms with E-state index in [0.717, 1.165) is 12.8 Å². The molecule has 1 aromatic rings. The Balaban J connectivity index is 2.51. The summed E-state index contributed by atoms with van der Waals surface area (Å²) in [7, 11) is 0. The van der Waals surface area contributed by atoms with Crippen molar-refractivity contribution in [2.45, 2.75) is 39.1 Å². The first kappa shape index (κ1) is 16.6.